The molecule has 6 rings (SSSR count). The average Bonchev–Trinajstić information content (AvgIpc) is 3.35. The van der Waals surface area contributed by atoms with Gasteiger partial charge in [-0.15, -0.1) is 0 Å². The van der Waals surface area contributed by atoms with Crippen molar-refractivity contribution in [2.24, 2.45) is 0 Å². The molecular formula is C29H33N7O2. The molecule has 3 aliphatic heterocycles. The van der Waals surface area contributed by atoms with Gasteiger partial charge in [-0.1, -0.05) is 0 Å². The third kappa shape index (κ3) is 4.29. The van der Waals surface area contributed by atoms with Gasteiger partial charge in [0.1, 0.15) is 0 Å². The predicted octanol–water partition coefficient (Wildman–Crippen LogP) is 4.26. The van der Waals surface area contributed by atoms with E-state index >= 15 is 0 Å². The first-order valence-corrected chi connectivity index (χ1v) is 13.5. The molecular weight excluding hydrogens is 478 g/mol. The zero-order valence-corrected chi connectivity index (χ0v) is 22.0. The zero-order chi connectivity index (χ0) is 26.2. The Hall–Kier alpha value is -3.90. The number of anilines is 2. The minimum Gasteiger partial charge on any atom is -0.381 e. The van der Waals surface area contributed by atoms with Gasteiger partial charge in [0.25, 0.3) is 0 Å². The van der Waals surface area contributed by atoms with Crippen molar-refractivity contribution in [3.63, 3.8) is 0 Å². The van der Waals surface area contributed by atoms with Crippen LogP contribution >= 0.6 is 0 Å². The minimum atomic E-state index is -0.0670. The molecule has 1 saturated heterocycles. The Morgan fingerprint density at radius 2 is 2.00 bits per heavy atom. The van der Waals surface area contributed by atoms with E-state index in [-0.39, 0.29) is 6.03 Å². The molecule has 2 amide bonds. The van der Waals surface area contributed by atoms with E-state index in [1.807, 2.05) is 30.3 Å². The third-order valence-electron chi connectivity index (χ3n) is 8.00. The van der Waals surface area contributed by atoms with Crippen LogP contribution in [-0.2, 0) is 24.1 Å². The van der Waals surface area contributed by atoms with Gasteiger partial charge in [-0.05, 0) is 61.9 Å². The lowest BCUT2D eigenvalue weighted by Gasteiger charge is -2.33. The molecule has 9 nitrogen and oxygen atoms in total. The van der Waals surface area contributed by atoms with E-state index in [0.29, 0.717) is 24.7 Å². The summed E-state index contributed by atoms with van der Waals surface area (Å²) in [7, 11) is 1.68. The lowest BCUT2D eigenvalue weighted by molar-refractivity contribution is 0.0651. The van der Waals surface area contributed by atoms with Crippen molar-refractivity contribution in [3.8, 4) is 17.2 Å². The van der Waals surface area contributed by atoms with Gasteiger partial charge in [-0.25, -0.2) is 4.79 Å². The summed E-state index contributed by atoms with van der Waals surface area (Å²) in [6.45, 7) is 5.52. The topological polar surface area (TPSA) is 99.3 Å². The Morgan fingerprint density at radius 3 is 2.76 bits per heavy atom. The predicted molar refractivity (Wildman–Crippen MR) is 144 cm³/mol. The molecule has 0 unspecified atom stereocenters. The molecule has 38 heavy (non-hydrogen) atoms. The first-order chi connectivity index (χ1) is 18.6. The number of nitrogens with zero attached hydrogens (tertiary/aromatic N) is 6. The molecule has 0 bridgehead atoms. The van der Waals surface area contributed by atoms with E-state index in [1.54, 1.807) is 7.05 Å². The summed E-state index contributed by atoms with van der Waals surface area (Å²) >= 11 is 0. The average molecular weight is 512 g/mol. The molecule has 3 aromatic rings. The van der Waals surface area contributed by atoms with Crippen molar-refractivity contribution in [2.75, 3.05) is 38.3 Å². The number of nitriles is 1. The molecule has 196 valence electrons. The molecule has 0 aliphatic carbocycles. The van der Waals surface area contributed by atoms with Crippen LogP contribution in [0.5, 0.6) is 0 Å². The van der Waals surface area contributed by atoms with Gasteiger partial charge in [0.05, 0.1) is 24.2 Å². The number of pyridine rings is 1. The molecule has 2 aromatic heterocycles. The zero-order valence-electron chi connectivity index (χ0n) is 22.0. The molecule has 0 spiro atoms. The Balaban J connectivity index is 1.45. The van der Waals surface area contributed by atoms with Gasteiger partial charge in [-0.2, -0.15) is 10.4 Å². The first-order valence-electron chi connectivity index (χ1n) is 13.5. The number of carbonyl (C=O) groups excluding carboxylic acids is 1. The molecule has 0 atom stereocenters. The maximum Gasteiger partial charge on any atom is 0.317 e. The van der Waals surface area contributed by atoms with Gasteiger partial charge in [0.2, 0.25) is 0 Å². The second-order valence-electron chi connectivity index (χ2n) is 10.4. The normalized spacial score (nSPS) is 17.5. The maximum atomic E-state index is 12.6. The number of hydrogen-bond acceptors (Lipinski definition) is 6. The number of aromatic nitrogens is 3. The fourth-order valence-electron chi connectivity index (χ4n) is 6.09. The summed E-state index contributed by atoms with van der Waals surface area (Å²) < 4.78 is 7.85. The summed E-state index contributed by atoms with van der Waals surface area (Å²) in [5, 5.41) is 18.1. The molecule has 0 radical (unpaired) electrons. The van der Waals surface area contributed by atoms with Gasteiger partial charge >= 0.3 is 6.03 Å². The van der Waals surface area contributed by atoms with Crippen molar-refractivity contribution >= 4 is 17.5 Å². The van der Waals surface area contributed by atoms with E-state index in [0.717, 1.165) is 85.6 Å². The summed E-state index contributed by atoms with van der Waals surface area (Å²) in [5.74, 6) is 0.912. The number of nitrogens with one attached hydrogen (secondary N) is 1. The van der Waals surface area contributed by atoms with Crippen molar-refractivity contribution < 1.29 is 9.53 Å². The number of amides is 2. The van der Waals surface area contributed by atoms with Crippen molar-refractivity contribution in [1.29, 1.82) is 5.26 Å². The number of benzene rings is 1. The maximum absolute atomic E-state index is 12.6. The van der Waals surface area contributed by atoms with Crippen molar-refractivity contribution in [2.45, 2.75) is 51.6 Å². The quantitative estimate of drug-likeness (QED) is 0.564. The smallest absolute Gasteiger partial charge is 0.317 e. The summed E-state index contributed by atoms with van der Waals surface area (Å²) in [6.07, 6.45) is 8.24. The van der Waals surface area contributed by atoms with Crippen LogP contribution in [0.15, 0.2) is 30.6 Å². The highest BCUT2D eigenvalue weighted by Gasteiger charge is 2.34. The van der Waals surface area contributed by atoms with E-state index in [2.05, 4.69) is 38.1 Å². The van der Waals surface area contributed by atoms with E-state index in [4.69, 9.17) is 9.84 Å². The second kappa shape index (κ2) is 10.1. The van der Waals surface area contributed by atoms with Crippen LogP contribution in [-0.4, -0.2) is 59.0 Å². The largest absolute Gasteiger partial charge is 0.381 e. The Morgan fingerprint density at radius 1 is 1.16 bits per heavy atom. The second-order valence-corrected chi connectivity index (χ2v) is 10.4. The van der Waals surface area contributed by atoms with Crippen molar-refractivity contribution in [3.05, 3.63) is 58.5 Å². The lowest BCUT2D eigenvalue weighted by Crippen LogP contribution is -2.42. The third-order valence-corrected chi connectivity index (χ3v) is 8.00. The summed E-state index contributed by atoms with van der Waals surface area (Å²) in [4.78, 5) is 21.1. The Labute approximate surface area is 223 Å². The molecule has 0 saturated carbocycles. The molecule has 5 heterocycles. The highest BCUT2D eigenvalue weighted by atomic mass is 16.5. The minimum absolute atomic E-state index is 0.0670. The van der Waals surface area contributed by atoms with E-state index in [1.165, 1.54) is 11.3 Å². The molecule has 3 aliphatic rings. The summed E-state index contributed by atoms with van der Waals surface area (Å²) in [6, 6.07) is 8.92. The van der Waals surface area contributed by atoms with Crippen molar-refractivity contribution in [1.82, 2.24) is 25.0 Å². The molecule has 1 aromatic carbocycles. The van der Waals surface area contributed by atoms with Crippen LogP contribution in [0.4, 0.5) is 16.3 Å². The number of fused-ring (bicyclic) bond motifs is 2. The van der Waals surface area contributed by atoms with Gasteiger partial charge in [0.15, 0.2) is 5.82 Å². The number of urea groups is 1. The Bertz CT molecular complexity index is 1420. The Kier molecular flexibility index (Phi) is 6.50. The monoisotopic (exact) mass is 511 g/mol. The molecule has 9 heteroatoms. The van der Waals surface area contributed by atoms with Gasteiger partial charge < -0.3 is 19.9 Å². The number of carbonyl (C=O) groups is 1. The highest BCUT2D eigenvalue weighted by Crippen LogP contribution is 2.41. The van der Waals surface area contributed by atoms with Gasteiger partial charge in [-0.3, -0.25) is 9.67 Å². The van der Waals surface area contributed by atoms with E-state index < -0.39 is 0 Å². The lowest BCUT2D eigenvalue weighted by atomic mass is 9.92. The van der Waals surface area contributed by atoms with E-state index in [9.17, 15) is 10.1 Å². The van der Waals surface area contributed by atoms with Crippen LogP contribution in [0.25, 0.3) is 11.1 Å². The molecule has 1 N–H and O–H groups in total. The number of hydrogen-bond donors (Lipinski definition) is 1. The standard InChI is InChI=1S/C29H33N7O2/c1-19-12-22(17-32-16-19)24-13-20-4-3-8-35(27(20)14-21(24)15-30)28-25-18-34(29(37)31-2)9-5-26(25)36(33-28)23-6-10-38-11-7-23/h12-14,16-17,23H,3-11,18H2,1-2H3,(H,31,37). The van der Waals surface area contributed by atoms with Crippen LogP contribution in [0.1, 0.15) is 53.3 Å². The first kappa shape index (κ1) is 24.4. The SMILES string of the molecule is CNC(=O)N1CCc2c(c(N3CCCc4cc(-c5cncc(C)c5)c(C#N)cc43)nn2C2CCOCC2)C1. The van der Waals surface area contributed by atoms with Crippen LogP contribution < -0.4 is 10.2 Å². The number of rotatable bonds is 3. The van der Waals surface area contributed by atoms with Crippen LogP contribution in [0.2, 0.25) is 0 Å². The number of ether oxygens (including phenoxy) is 1. The number of aryl methyl sites for hydroxylation is 2. The van der Waals surface area contributed by atoms with Crippen LogP contribution in [0.3, 0.4) is 0 Å². The van der Waals surface area contributed by atoms with Gasteiger partial charge in [0, 0.05) is 80.2 Å². The highest BCUT2D eigenvalue weighted by molar-refractivity contribution is 5.79. The van der Waals surface area contributed by atoms with Crippen LogP contribution in [0, 0.1) is 18.3 Å². The molecule has 1 fully saturated rings. The fraction of sp³-hybridized carbons (Fsp3) is 0.448. The fourth-order valence-corrected chi connectivity index (χ4v) is 6.09. The summed E-state index contributed by atoms with van der Waals surface area (Å²) in [5.41, 5.74) is 8.17.